The largest absolute Gasteiger partial charge is 0.454 e. The summed E-state index contributed by atoms with van der Waals surface area (Å²) in [5.74, 6) is 0. The van der Waals surface area contributed by atoms with Gasteiger partial charge in [0, 0.05) is 63.7 Å². The third kappa shape index (κ3) is 5.23. The average molecular weight is 1090 g/mol. The van der Waals surface area contributed by atoms with E-state index >= 15 is 0 Å². The number of aromatic nitrogens is 2. The molecule has 0 saturated carbocycles. The van der Waals surface area contributed by atoms with Crippen molar-refractivity contribution in [1.29, 1.82) is 0 Å². The fraction of sp³-hybridized carbons (Fsp3) is 0.105. The molecule has 10 aromatic carbocycles. The van der Waals surface area contributed by atoms with Crippen LogP contribution >= 0.6 is 22.7 Å². The zero-order valence-electron chi connectivity index (χ0n) is 45.5. The van der Waals surface area contributed by atoms with Gasteiger partial charge in [-0.3, -0.25) is 9.13 Å². The van der Waals surface area contributed by atoms with Gasteiger partial charge in [0.05, 0.1) is 32.9 Å². The number of hydrogen-bond donors (Lipinski definition) is 0. The topological polar surface area (TPSA) is 36.1 Å². The van der Waals surface area contributed by atoms with Crippen molar-refractivity contribution in [2.45, 2.75) is 49.4 Å². The van der Waals surface area contributed by atoms with Gasteiger partial charge in [-0.1, -0.05) is 210 Å². The molecule has 16 aromatic rings. The van der Waals surface area contributed by atoms with Gasteiger partial charge in [-0.2, -0.15) is 0 Å². The molecule has 0 atom stereocenters. The fourth-order valence-corrected chi connectivity index (χ4v) is 19.3. The average Bonchev–Trinajstić information content (AvgIpc) is 2.25. The Labute approximate surface area is 480 Å². The van der Waals surface area contributed by atoms with Crippen molar-refractivity contribution in [3.63, 3.8) is 0 Å². The Morgan fingerprint density at radius 1 is 0.293 bits per heavy atom. The highest BCUT2D eigenvalue weighted by Gasteiger charge is 2.62. The van der Waals surface area contributed by atoms with Gasteiger partial charge in [0.15, 0.2) is 11.2 Å². The second-order valence-corrected chi connectivity index (χ2v) is 26.2. The van der Waals surface area contributed by atoms with Crippen molar-refractivity contribution in [1.82, 2.24) is 9.13 Å². The minimum absolute atomic E-state index is 0.305. The van der Waals surface area contributed by atoms with E-state index in [-0.39, 0.29) is 10.8 Å². The van der Waals surface area contributed by atoms with Crippen molar-refractivity contribution in [2.75, 3.05) is 0 Å². The molecule has 0 fully saturated rings. The Bertz CT molecular complexity index is 5020. The van der Waals surface area contributed by atoms with E-state index in [1.165, 1.54) is 86.9 Å². The lowest BCUT2D eigenvalue weighted by atomic mass is 9.48. The van der Waals surface area contributed by atoms with Crippen LogP contribution in [-0.2, 0) is 21.7 Å². The molecule has 0 radical (unpaired) electrons. The molecule has 4 nitrogen and oxygen atoms in total. The van der Waals surface area contributed by atoms with E-state index in [4.69, 9.17) is 8.83 Å². The van der Waals surface area contributed by atoms with E-state index in [9.17, 15) is 0 Å². The van der Waals surface area contributed by atoms with Gasteiger partial charge >= 0.3 is 0 Å². The zero-order chi connectivity index (χ0) is 54.2. The highest BCUT2D eigenvalue weighted by atomic mass is 32.1. The summed E-state index contributed by atoms with van der Waals surface area (Å²) in [7, 11) is 0. The first-order valence-electron chi connectivity index (χ1n) is 28.6. The molecule has 0 amide bonds. The molecule has 6 heteroatoms. The number of benzene rings is 10. The summed E-state index contributed by atoms with van der Waals surface area (Å²) < 4.78 is 19.3. The maximum Gasteiger partial charge on any atom is 0.160 e. The van der Waals surface area contributed by atoms with E-state index < -0.39 is 10.8 Å². The molecular weight excluding hydrogens is 1040 g/mol. The van der Waals surface area contributed by atoms with E-state index in [0.717, 1.165) is 75.9 Å². The third-order valence-corrected chi connectivity index (χ3v) is 22.2. The van der Waals surface area contributed by atoms with Crippen LogP contribution < -0.4 is 0 Å². The lowest BCUT2D eigenvalue weighted by molar-refractivity contribution is 0.522. The number of para-hydroxylation sites is 4. The Kier molecular flexibility index (Phi) is 8.56. The van der Waals surface area contributed by atoms with Gasteiger partial charge in [-0.05, 0) is 104 Å². The van der Waals surface area contributed by atoms with Gasteiger partial charge < -0.3 is 8.83 Å². The first-order valence-corrected chi connectivity index (χ1v) is 30.2. The summed E-state index contributed by atoms with van der Waals surface area (Å²) in [6.45, 7) is 9.74. The minimum Gasteiger partial charge on any atom is -0.454 e. The smallest absolute Gasteiger partial charge is 0.160 e. The zero-order valence-corrected chi connectivity index (χ0v) is 47.1. The summed E-state index contributed by atoms with van der Waals surface area (Å²) in [6, 6.07) is 87.2. The molecule has 2 spiro atoms. The molecule has 3 aliphatic carbocycles. The molecular formula is C76H50N2O2S2. The van der Waals surface area contributed by atoms with E-state index in [2.05, 4.69) is 267 Å². The molecule has 0 N–H and O–H groups in total. The van der Waals surface area contributed by atoms with Crippen LogP contribution in [0.2, 0.25) is 0 Å². The molecule has 388 valence electrons. The maximum absolute atomic E-state index is 7.08. The summed E-state index contributed by atoms with van der Waals surface area (Å²) in [5, 5.41) is 11.6. The van der Waals surface area contributed by atoms with Gasteiger partial charge in [-0.15, -0.1) is 22.7 Å². The molecule has 6 aromatic heterocycles. The van der Waals surface area contributed by atoms with E-state index in [0.29, 0.717) is 0 Å². The summed E-state index contributed by atoms with van der Waals surface area (Å²) in [6.07, 6.45) is 0. The predicted molar refractivity (Wildman–Crippen MR) is 340 cm³/mol. The summed E-state index contributed by atoms with van der Waals surface area (Å²) in [4.78, 5) is 2.67. The second-order valence-electron chi connectivity index (χ2n) is 24.2. The van der Waals surface area contributed by atoms with Gasteiger partial charge in [0.25, 0.3) is 0 Å². The third-order valence-electron chi connectivity index (χ3n) is 19.7. The molecule has 0 aliphatic heterocycles. The molecule has 19 rings (SSSR count). The Morgan fingerprint density at radius 2 is 0.598 bits per heavy atom. The normalized spacial score (nSPS) is 16.0. The summed E-state index contributed by atoms with van der Waals surface area (Å²) >= 11 is 3.94. The lowest BCUT2D eigenvalue weighted by Gasteiger charge is -2.55. The molecule has 0 saturated heterocycles. The monoisotopic (exact) mass is 1090 g/mol. The van der Waals surface area contributed by atoms with Crippen LogP contribution in [0.15, 0.2) is 239 Å². The van der Waals surface area contributed by atoms with Crippen LogP contribution in [0.3, 0.4) is 0 Å². The van der Waals surface area contributed by atoms with Crippen molar-refractivity contribution < 1.29 is 8.83 Å². The molecule has 0 bridgehead atoms. The number of fused-ring (bicyclic) bond motifs is 28. The first kappa shape index (κ1) is 45.5. The van der Waals surface area contributed by atoms with Crippen LogP contribution in [-0.4, -0.2) is 9.13 Å². The van der Waals surface area contributed by atoms with Gasteiger partial charge in [0.2, 0.25) is 0 Å². The highest BCUT2D eigenvalue weighted by molar-refractivity contribution is 7.16. The van der Waals surface area contributed by atoms with Gasteiger partial charge in [0.1, 0.15) is 21.2 Å². The van der Waals surface area contributed by atoms with Crippen LogP contribution in [0.4, 0.5) is 0 Å². The number of hydrogen-bond acceptors (Lipinski definition) is 4. The van der Waals surface area contributed by atoms with Crippen molar-refractivity contribution in [3.8, 4) is 10.0 Å². The van der Waals surface area contributed by atoms with Crippen LogP contribution in [0, 0.1) is 0 Å². The molecule has 6 heterocycles. The summed E-state index contributed by atoms with van der Waals surface area (Å²) in [5.41, 5.74) is 19.3. The predicted octanol–water partition coefficient (Wildman–Crippen LogP) is 20.2. The fourth-order valence-electron chi connectivity index (χ4n) is 16.3. The first-order chi connectivity index (χ1) is 40.2. The number of nitrogens with zero attached hydrogens (tertiary/aromatic N) is 2. The number of thiophene rings is 2. The Hall–Kier alpha value is -9.20. The van der Waals surface area contributed by atoms with Gasteiger partial charge in [-0.25, -0.2) is 0 Å². The SMILES string of the molecule is CC1(C)c2ccccc2C2(c3ccccc31)c1cc(-n3c4ccccc4c4ccc5c6ccccc6oc5c43)sc1C1(c3ccccc3C(C)(C)c3ccccc31)c1cc(-n3c4ccccc4c4ccc5c6ccccc6oc5c43)sc12. The van der Waals surface area contributed by atoms with Crippen molar-refractivity contribution >= 4 is 110 Å². The quantitative estimate of drug-likeness (QED) is 0.173. The van der Waals surface area contributed by atoms with E-state index in [1.807, 2.05) is 22.7 Å². The van der Waals surface area contributed by atoms with E-state index in [1.54, 1.807) is 0 Å². The molecule has 0 unspecified atom stereocenters. The standard InChI is InChI=1S/C76H50N2O2S2/c1-73(2)51-25-9-13-29-55(51)75(56-30-14-10-26-52(56)73)59-41-65(77-61-33-17-5-21-43(61)47-37-39-49-45-23-7-19-35-63(45)79-69(49)67(47)77)82-72(59)76(57-31-15-11-27-53(57)74(3,4)54-28-12-16-32-58(54)76)60-42-66(81-71(60)75)78-62-34-18-6-22-44(62)48-38-40-50-46-24-8-20-36-64(46)80-70(50)68(48)78/h5-42H,1-4H3. The lowest BCUT2D eigenvalue weighted by Crippen LogP contribution is -2.50. The molecule has 82 heavy (non-hydrogen) atoms. The Balaban J connectivity index is 1.04. The van der Waals surface area contributed by atoms with Crippen LogP contribution in [0.1, 0.15) is 93.1 Å². The van der Waals surface area contributed by atoms with Crippen molar-refractivity contribution in [2.24, 2.45) is 0 Å². The number of rotatable bonds is 2. The second kappa shape index (κ2) is 15.4. The highest BCUT2D eigenvalue weighted by Crippen LogP contribution is 2.70. The Morgan fingerprint density at radius 3 is 0.976 bits per heavy atom. The minimum atomic E-state index is -0.770. The maximum atomic E-state index is 7.08. The van der Waals surface area contributed by atoms with Crippen molar-refractivity contribution in [3.05, 3.63) is 296 Å². The van der Waals surface area contributed by atoms with Crippen LogP contribution in [0.5, 0.6) is 0 Å². The number of furan rings is 2. The van der Waals surface area contributed by atoms with Crippen LogP contribution in [0.25, 0.3) is 97.5 Å². The molecule has 3 aliphatic rings.